The first kappa shape index (κ1) is 20.3. The number of rotatable bonds is 5. The van der Waals surface area contributed by atoms with Crippen LogP contribution in [0.25, 0.3) is 27.9 Å². The van der Waals surface area contributed by atoms with Gasteiger partial charge < -0.3 is 14.6 Å². The molecule has 5 rings (SSSR count). The first-order valence-corrected chi connectivity index (χ1v) is 11.7. The fraction of sp³-hybridized carbons (Fsp3) is 0.0833. The van der Waals surface area contributed by atoms with Crippen molar-refractivity contribution in [2.45, 2.75) is 6.54 Å². The second-order valence-corrected chi connectivity index (χ2v) is 9.70. The van der Waals surface area contributed by atoms with Gasteiger partial charge in [0.25, 0.3) is 5.91 Å². The van der Waals surface area contributed by atoms with Gasteiger partial charge >= 0.3 is 0 Å². The lowest BCUT2D eigenvalue weighted by atomic mass is 10.2. The van der Waals surface area contributed by atoms with E-state index >= 15 is 0 Å². The van der Waals surface area contributed by atoms with E-state index in [0.29, 0.717) is 22.4 Å². The van der Waals surface area contributed by atoms with E-state index in [1.807, 2.05) is 24.3 Å². The molecule has 4 aromatic rings. The van der Waals surface area contributed by atoms with E-state index in [0.717, 1.165) is 15.8 Å². The SMILES string of the molecule is O=C1NC(=S)S/C1=C\c1cc(Br)ccc1OCCn1c2ccccc2c2ccccc21. The molecule has 1 fully saturated rings. The highest BCUT2D eigenvalue weighted by atomic mass is 79.9. The van der Waals surface area contributed by atoms with E-state index in [1.54, 1.807) is 0 Å². The molecule has 2 heterocycles. The minimum atomic E-state index is -0.175. The molecule has 1 aliphatic rings. The third-order valence-electron chi connectivity index (χ3n) is 5.15. The molecule has 0 radical (unpaired) electrons. The summed E-state index contributed by atoms with van der Waals surface area (Å²) in [6.45, 7) is 1.21. The first-order valence-electron chi connectivity index (χ1n) is 9.73. The van der Waals surface area contributed by atoms with Crippen molar-refractivity contribution in [3.63, 3.8) is 0 Å². The quantitative estimate of drug-likeness (QED) is 0.260. The highest BCUT2D eigenvalue weighted by Crippen LogP contribution is 2.32. The number of fused-ring (bicyclic) bond motifs is 3. The number of hydrogen-bond acceptors (Lipinski definition) is 4. The van der Waals surface area contributed by atoms with E-state index in [4.69, 9.17) is 17.0 Å². The molecule has 0 aliphatic carbocycles. The van der Waals surface area contributed by atoms with Gasteiger partial charge in [-0.2, -0.15) is 0 Å². The highest BCUT2D eigenvalue weighted by molar-refractivity contribution is 9.10. The van der Waals surface area contributed by atoms with E-state index in [2.05, 4.69) is 74.3 Å². The summed E-state index contributed by atoms with van der Waals surface area (Å²) in [6, 6.07) is 22.7. The predicted octanol–water partition coefficient (Wildman–Crippen LogP) is 6.12. The maximum Gasteiger partial charge on any atom is 0.263 e. The second-order valence-electron chi connectivity index (χ2n) is 7.07. The standard InChI is InChI=1S/C24H17BrN2O2S2/c25-16-9-10-21(15(13-16)14-22-23(28)26-24(30)31-22)29-12-11-27-19-7-3-1-5-17(19)18-6-2-4-8-20(18)27/h1-10,13-14H,11-12H2,(H,26,28,30)/b22-14-. The number of carbonyl (C=O) groups excluding carboxylic acids is 1. The molecule has 154 valence electrons. The van der Waals surface area contributed by atoms with Crippen LogP contribution in [0.5, 0.6) is 5.75 Å². The number of nitrogens with zero attached hydrogens (tertiary/aromatic N) is 1. The zero-order valence-corrected chi connectivity index (χ0v) is 19.5. The minimum Gasteiger partial charge on any atom is -0.491 e. The van der Waals surface area contributed by atoms with Gasteiger partial charge in [0.1, 0.15) is 16.7 Å². The number of ether oxygens (including phenoxy) is 1. The predicted molar refractivity (Wildman–Crippen MR) is 135 cm³/mol. The van der Waals surface area contributed by atoms with E-state index in [-0.39, 0.29) is 5.91 Å². The summed E-state index contributed by atoms with van der Waals surface area (Å²) in [6.07, 6.45) is 1.82. The zero-order chi connectivity index (χ0) is 21.4. The van der Waals surface area contributed by atoms with Crippen LogP contribution >= 0.6 is 39.9 Å². The van der Waals surface area contributed by atoms with Gasteiger partial charge in [0, 0.05) is 31.8 Å². The summed E-state index contributed by atoms with van der Waals surface area (Å²) in [7, 11) is 0. The third-order valence-corrected chi connectivity index (χ3v) is 6.81. The highest BCUT2D eigenvalue weighted by Gasteiger charge is 2.22. The maximum absolute atomic E-state index is 12.1. The van der Waals surface area contributed by atoms with Gasteiger partial charge in [0.2, 0.25) is 0 Å². The van der Waals surface area contributed by atoms with Crippen LogP contribution in [0.15, 0.2) is 76.1 Å². The van der Waals surface area contributed by atoms with Crippen molar-refractivity contribution in [2.24, 2.45) is 0 Å². The van der Waals surface area contributed by atoms with E-state index < -0.39 is 0 Å². The lowest BCUT2D eigenvalue weighted by molar-refractivity contribution is -0.115. The Morgan fingerprint density at radius 2 is 1.71 bits per heavy atom. The fourth-order valence-corrected chi connectivity index (χ4v) is 5.23. The number of hydrogen-bond donors (Lipinski definition) is 1. The van der Waals surface area contributed by atoms with Crippen molar-refractivity contribution >= 4 is 78.0 Å². The largest absolute Gasteiger partial charge is 0.491 e. The van der Waals surface area contributed by atoms with E-state index in [1.165, 1.54) is 33.6 Å². The molecule has 0 bridgehead atoms. The van der Waals surface area contributed by atoms with Gasteiger partial charge in [-0.15, -0.1) is 0 Å². The topological polar surface area (TPSA) is 43.3 Å². The summed E-state index contributed by atoms with van der Waals surface area (Å²) in [5.74, 6) is 0.550. The van der Waals surface area contributed by atoms with Crippen LogP contribution in [0.1, 0.15) is 5.56 Å². The number of thiocarbonyl (C=S) groups is 1. The van der Waals surface area contributed by atoms with Crippen molar-refractivity contribution in [1.29, 1.82) is 0 Å². The van der Waals surface area contributed by atoms with Crippen molar-refractivity contribution < 1.29 is 9.53 Å². The molecule has 1 aliphatic heterocycles. The van der Waals surface area contributed by atoms with Gasteiger partial charge in [0.15, 0.2) is 0 Å². The van der Waals surface area contributed by atoms with Crippen LogP contribution in [0.3, 0.4) is 0 Å². The van der Waals surface area contributed by atoms with Crippen molar-refractivity contribution in [1.82, 2.24) is 9.88 Å². The molecule has 4 nitrogen and oxygen atoms in total. The van der Waals surface area contributed by atoms with Crippen LogP contribution in [-0.4, -0.2) is 21.4 Å². The number of amides is 1. The maximum atomic E-state index is 12.1. The van der Waals surface area contributed by atoms with Crippen molar-refractivity contribution in [3.05, 3.63) is 81.7 Å². The van der Waals surface area contributed by atoms with Crippen LogP contribution < -0.4 is 10.1 Å². The van der Waals surface area contributed by atoms with Crippen molar-refractivity contribution in [3.8, 4) is 5.75 Å². The molecule has 0 unspecified atom stereocenters. The molecule has 31 heavy (non-hydrogen) atoms. The summed E-state index contributed by atoms with van der Waals surface area (Å²) in [4.78, 5) is 12.6. The molecule has 3 aromatic carbocycles. The van der Waals surface area contributed by atoms with Crippen LogP contribution in [0, 0.1) is 0 Å². The molecule has 1 aromatic heterocycles. The molecule has 1 N–H and O–H groups in total. The Balaban J connectivity index is 1.42. The Kier molecular flexibility index (Phi) is 5.56. The zero-order valence-electron chi connectivity index (χ0n) is 16.3. The lowest BCUT2D eigenvalue weighted by Gasteiger charge is -2.12. The third kappa shape index (κ3) is 4.01. The molecular weight excluding hydrogens is 492 g/mol. The number of benzene rings is 3. The van der Waals surface area contributed by atoms with Gasteiger partial charge in [-0.1, -0.05) is 76.3 Å². The van der Waals surface area contributed by atoms with Gasteiger partial charge in [-0.3, -0.25) is 4.79 Å². The van der Waals surface area contributed by atoms with Crippen LogP contribution in [0.4, 0.5) is 0 Å². The Labute approximate surface area is 197 Å². The van der Waals surface area contributed by atoms with Gasteiger partial charge in [0.05, 0.1) is 11.4 Å². The molecule has 1 saturated heterocycles. The Bertz CT molecular complexity index is 1320. The summed E-state index contributed by atoms with van der Waals surface area (Å²) >= 11 is 9.86. The first-order chi connectivity index (χ1) is 15.1. The monoisotopic (exact) mass is 508 g/mol. The number of aromatic nitrogens is 1. The van der Waals surface area contributed by atoms with Crippen molar-refractivity contribution in [2.75, 3.05) is 6.61 Å². The molecule has 7 heteroatoms. The Hall–Kier alpha value is -2.61. The van der Waals surface area contributed by atoms with Crippen LogP contribution in [0.2, 0.25) is 0 Å². The summed E-state index contributed by atoms with van der Waals surface area (Å²) in [5, 5.41) is 5.13. The summed E-state index contributed by atoms with van der Waals surface area (Å²) < 4.78 is 9.86. The average Bonchev–Trinajstić information content (AvgIpc) is 3.26. The Morgan fingerprint density at radius 3 is 2.35 bits per heavy atom. The molecule has 0 saturated carbocycles. The summed E-state index contributed by atoms with van der Waals surface area (Å²) in [5.41, 5.74) is 3.22. The number of nitrogens with one attached hydrogen (secondary N) is 1. The minimum absolute atomic E-state index is 0.175. The van der Waals surface area contributed by atoms with Gasteiger partial charge in [-0.05, 0) is 36.4 Å². The normalized spacial score (nSPS) is 15.2. The smallest absolute Gasteiger partial charge is 0.263 e. The molecule has 0 atom stereocenters. The molecule has 0 spiro atoms. The van der Waals surface area contributed by atoms with Crippen LogP contribution in [-0.2, 0) is 11.3 Å². The van der Waals surface area contributed by atoms with Gasteiger partial charge in [-0.25, -0.2) is 0 Å². The number of halogens is 1. The Morgan fingerprint density at radius 1 is 1.03 bits per heavy atom. The fourth-order valence-electron chi connectivity index (χ4n) is 3.82. The lowest BCUT2D eigenvalue weighted by Crippen LogP contribution is -2.17. The number of para-hydroxylation sites is 2. The number of carbonyl (C=O) groups is 1. The molecule has 1 amide bonds. The molecular formula is C24H17BrN2O2S2. The van der Waals surface area contributed by atoms with E-state index in [9.17, 15) is 4.79 Å². The second kappa shape index (κ2) is 8.49. The average molecular weight is 509 g/mol. The number of thioether (sulfide) groups is 1.